The lowest BCUT2D eigenvalue weighted by atomic mass is 10.2. The van der Waals surface area contributed by atoms with E-state index in [0.29, 0.717) is 39.1 Å². The Bertz CT molecular complexity index is 1390. The highest BCUT2D eigenvalue weighted by Gasteiger charge is 2.21. The summed E-state index contributed by atoms with van der Waals surface area (Å²) in [7, 11) is 0. The predicted octanol–water partition coefficient (Wildman–Crippen LogP) is 3.47. The highest BCUT2D eigenvalue weighted by molar-refractivity contribution is 6.35. The lowest BCUT2D eigenvalue weighted by Crippen LogP contribution is -2.28. The minimum atomic E-state index is -0.393. The first-order valence-electron chi connectivity index (χ1n) is 8.79. The minimum absolute atomic E-state index is 0.299. The van der Waals surface area contributed by atoms with Crippen molar-refractivity contribution < 1.29 is 4.42 Å². The molecule has 144 valence electrons. The molecule has 4 aromatic heterocycles. The third-order valence-corrected chi connectivity index (χ3v) is 4.91. The first kappa shape index (κ1) is 17.4. The number of benzene rings is 1. The topological polar surface area (TPSA) is 115 Å². The largest absolute Gasteiger partial charge is 0.446 e. The van der Waals surface area contributed by atoms with Crippen molar-refractivity contribution in [2.45, 2.75) is 13.0 Å². The highest BCUT2D eigenvalue weighted by atomic mass is 35.5. The number of hydrogen-bond acceptors (Lipinski definition) is 7. The van der Waals surface area contributed by atoms with Crippen LogP contribution in [0.2, 0.25) is 5.02 Å². The second kappa shape index (κ2) is 6.71. The number of aromatic amines is 1. The van der Waals surface area contributed by atoms with Gasteiger partial charge in [-0.15, -0.1) is 0 Å². The normalized spacial score (nSPS) is 12.5. The van der Waals surface area contributed by atoms with Crippen molar-refractivity contribution in [3.05, 3.63) is 70.3 Å². The standard InChI is InChI=1S/C19H14ClN7O2/c1-10(24-16-11-6-8-29-18(11)22-9-21-16)17-25-13-4-2-3-12(20)15(13)19(28)27(17)14-5-7-23-26-14/h2-10H,1H3,(H,23,26)(H,21,22,24). The maximum Gasteiger partial charge on any atom is 0.268 e. The molecule has 0 radical (unpaired) electrons. The van der Waals surface area contributed by atoms with Gasteiger partial charge in [0.25, 0.3) is 5.56 Å². The number of furan rings is 1. The van der Waals surface area contributed by atoms with E-state index in [1.54, 1.807) is 42.8 Å². The van der Waals surface area contributed by atoms with Gasteiger partial charge in [0.1, 0.15) is 18.0 Å². The van der Waals surface area contributed by atoms with Crippen molar-refractivity contribution in [2.24, 2.45) is 0 Å². The summed E-state index contributed by atoms with van der Waals surface area (Å²) in [6.07, 6.45) is 4.60. The number of anilines is 1. The molecule has 0 aliphatic heterocycles. The van der Waals surface area contributed by atoms with Crippen LogP contribution in [-0.4, -0.2) is 29.7 Å². The summed E-state index contributed by atoms with van der Waals surface area (Å²) in [5, 5.41) is 11.6. The molecular weight excluding hydrogens is 394 g/mol. The van der Waals surface area contributed by atoms with Gasteiger partial charge in [0.2, 0.25) is 5.71 Å². The van der Waals surface area contributed by atoms with Gasteiger partial charge >= 0.3 is 0 Å². The van der Waals surface area contributed by atoms with Crippen LogP contribution < -0.4 is 10.9 Å². The number of H-pyrrole nitrogens is 1. The molecule has 4 heterocycles. The molecule has 1 unspecified atom stereocenters. The van der Waals surface area contributed by atoms with Crippen molar-refractivity contribution in [3.8, 4) is 5.82 Å². The molecule has 5 aromatic rings. The van der Waals surface area contributed by atoms with E-state index in [4.69, 9.17) is 21.0 Å². The molecule has 5 rings (SSSR count). The average molecular weight is 408 g/mol. The Labute approximate surface area is 168 Å². The van der Waals surface area contributed by atoms with E-state index in [9.17, 15) is 4.79 Å². The zero-order chi connectivity index (χ0) is 20.0. The summed E-state index contributed by atoms with van der Waals surface area (Å²) in [4.78, 5) is 26.4. The summed E-state index contributed by atoms with van der Waals surface area (Å²) < 4.78 is 6.77. The highest BCUT2D eigenvalue weighted by Crippen LogP contribution is 2.26. The van der Waals surface area contributed by atoms with Crippen LogP contribution in [0.25, 0.3) is 27.8 Å². The van der Waals surface area contributed by atoms with E-state index in [1.165, 1.54) is 10.9 Å². The average Bonchev–Trinajstić information content (AvgIpc) is 3.40. The van der Waals surface area contributed by atoms with Crippen molar-refractivity contribution in [3.63, 3.8) is 0 Å². The van der Waals surface area contributed by atoms with E-state index in [2.05, 4.69) is 25.5 Å². The molecule has 0 fully saturated rings. The first-order valence-corrected chi connectivity index (χ1v) is 9.17. The van der Waals surface area contributed by atoms with Gasteiger partial charge in [0, 0.05) is 12.3 Å². The Hall–Kier alpha value is -3.72. The van der Waals surface area contributed by atoms with Crippen LogP contribution in [0.4, 0.5) is 5.82 Å². The Morgan fingerprint density at radius 2 is 2.14 bits per heavy atom. The molecule has 0 aliphatic carbocycles. The number of halogens is 1. The van der Waals surface area contributed by atoms with Gasteiger partial charge < -0.3 is 9.73 Å². The molecule has 1 atom stereocenters. The molecule has 9 nitrogen and oxygen atoms in total. The molecule has 1 aromatic carbocycles. The van der Waals surface area contributed by atoms with E-state index >= 15 is 0 Å². The molecular formula is C19H14ClN7O2. The van der Waals surface area contributed by atoms with E-state index in [0.717, 1.165) is 5.39 Å². The van der Waals surface area contributed by atoms with Gasteiger partial charge in [-0.2, -0.15) is 5.10 Å². The fourth-order valence-electron chi connectivity index (χ4n) is 3.27. The van der Waals surface area contributed by atoms with Crippen LogP contribution in [0.3, 0.4) is 0 Å². The summed E-state index contributed by atoms with van der Waals surface area (Å²) in [6.45, 7) is 1.88. The summed E-state index contributed by atoms with van der Waals surface area (Å²) in [5.41, 5.74) is 0.680. The number of nitrogens with zero attached hydrogens (tertiary/aromatic N) is 5. The van der Waals surface area contributed by atoms with Crippen molar-refractivity contribution >= 4 is 39.4 Å². The smallest absolute Gasteiger partial charge is 0.268 e. The van der Waals surface area contributed by atoms with Crippen molar-refractivity contribution in [2.75, 3.05) is 5.32 Å². The Kier molecular flexibility index (Phi) is 4.02. The van der Waals surface area contributed by atoms with Gasteiger partial charge in [-0.05, 0) is 25.1 Å². The zero-order valence-corrected chi connectivity index (χ0v) is 15.9. The third kappa shape index (κ3) is 2.83. The van der Waals surface area contributed by atoms with Crippen LogP contribution in [0.5, 0.6) is 0 Å². The molecule has 0 spiro atoms. The van der Waals surface area contributed by atoms with Crippen LogP contribution in [0.15, 0.2) is 58.3 Å². The van der Waals surface area contributed by atoms with Crippen LogP contribution in [-0.2, 0) is 0 Å². The van der Waals surface area contributed by atoms with Gasteiger partial charge in [-0.1, -0.05) is 17.7 Å². The quantitative estimate of drug-likeness (QED) is 0.468. The zero-order valence-electron chi connectivity index (χ0n) is 15.1. The maximum atomic E-state index is 13.3. The van der Waals surface area contributed by atoms with Crippen LogP contribution >= 0.6 is 11.6 Å². The SMILES string of the molecule is CC(Nc1ncnc2occc12)c1nc2cccc(Cl)c2c(=O)n1-c1cc[nH]n1. The molecule has 0 saturated heterocycles. The van der Waals surface area contributed by atoms with Crippen molar-refractivity contribution in [1.29, 1.82) is 0 Å². The van der Waals surface area contributed by atoms with Gasteiger partial charge in [-0.3, -0.25) is 9.89 Å². The number of nitrogens with one attached hydrogen (secondary N) is 2. The molecule has 0 saturated carbocycles. The second-order valence-electron chi connectivity index (χ2n) is 6.40. The predicted molar refractivity (Wildman–Crippen MR) is 108 cm³/mol. The minimum Gasteiger partial charge on any atom is -0.446 e. The molecule has 0 amide bonds. The van der Waals surface area contributed by atoms with E-state index in [-0.39, 0.29) is 5.56 Å². The molecule has 2 N–H and O–H groups in total. The lowest BCUT2D eigenvalue weighted by molar-refractivity contribution is 0.602. The number of rotatable bonds is 4. The third-order valence-electron chi connectivity index (χ3n) is 4.59. The van der Waals surface area contributed by atoms with Gasteiger partial charge in [-0.25, -0.2) is 19.5 Å². The monoisotopic (exact) mass is 407 g/mol. The maximum absolute atomic E-state index is 13.3. The fourth-order valence-corrected chi connectivity index (χ4v) is 3.52. The Morgan fingerprint density at radius 1 is 1.24 bits per heavy atom. The Balaban J connectivity index is 1.70. The molecule has 29 heavy (non-hydrogen) atoms. The van der Waals surface area contributed by atoms with E-state index < -0.39 is 6.04 Å². The molecule has 0 aliphatic rings. The molecule has 0 bridgehead atoms. The van der Waals surface area contributed by atoms with Crippen LogP contribution in [0, 0.1) is 0 Å². The summed E-state index contributed by atoms with van der Waals surface area (Å²) in [5.74, 6) is 1.46. The van der Waals surface area contributed by atoms with E-state index in [1.807, 2.05) is 6.92 Å². The van der Waals surface area contributed by atoms with Gasteiger partial charge in [0.05, 0.1) is 33.6 Å². The van der Waals surface area contributed by atoms with Gasteiger partial charge in [0.15, 0.2) is 5.82 Å². The van der Waals surface area contributed by atoms with Crippen LogP contribution in [0.1, 0.15) is 18.8 Å². The lowest BCUT2D eigenvalue weighted by Gasteiger charge is -2.19. The first-order chi connectivity index (χ1) is 14.1. The number of fused-ring (bicyclic) bond motifs is 2. The Morgan fingerprint density at radius 3 is 2.97 bits per heavy atom. The number of hydrogen-bond donors (Lipinski definition) is 2. The van der Waals surface area contributed by atoms with Crippen molar-refractivity contribution in [1.82, 2.24) is 29.7 Å². The fraction of sp³-hybridized carbons (Fsp3) is 0.105. The number of aromatic nitrogens is 6. The second-order valence-corrected chi connectivity index (χ2v) is 6.81. The summed E-state index contributed by atoms with van der Waals surface area (Å²) >= 11 is 6.29. The molecule has 10 heteroatoms. The summed E-state index contributed by atoms with van der Waals surface area (Å²) in [6, 6.07) is 8.26.